The quantitative estimate of drug-likeness (QED) is 0.821. The number of amides is 1. The molecule has 1 unspecified atom stereocenters. The zero-order valence-electron chi connectivity index (χ0n) is 10.8. The standard InChI is InChI=1S/C11H14F2N2O4S/c1-6(5-19-2)15-11(16)9-7(12)3-4-8(10(9)13)20(14,17)18/h3-4,6H,5H2,1-2H3,(H,15,16)(H2,14,17,18). The molecule has 0 saturated carbocycles. The molecule has 6 nitrogen and oxygen atoms in total. The topological polar surface area (TPSA) is 98.5 Å². The molecule has 0 fully saturated rings. The third-order valence-electron chi connectivity index (χ3n) is 2.38. The van der Waals surface area contributed by atoms with Crippen molar-refractivity contribution in [1.82, 2.24) is 5.32 Å². The van der Waals surface area contributed by atoms with Crippen LogP contribution in [0.5, 0.6) is 0 Å². The average molecular weight is 308 g/mol. The molecule has 112 valence electrons. The van der Waals surface area contributed by atoms with Gasteiger partial charge in [-0.3, -0.25) is 4.79 Å². The Balaban J connectivity index is 3.21. The predicted octanol–water partition coefficient (Wildman–Crippen LogP) is 0.377. The lowest BCUT2D eigenvalue weighted by molar-refractivity contribution is 0.0896. The maximum absolute atomic E-state index is 13.9. The second-order valence-corrected chi connectivity index (χ2v) is 5.64. The molecule has 0 heterocycles. The summed E-state index contributed by atoms with van der Waals surface area (Å²) in [5, 5.41) is 7.06. The van der Waals surface area contributed by atoms with Crippen LogP contribution in [0.1, 0.15) is 17.3 Å². The van der Waals surface area contributed by atoms with Gasteiger partial charge in [-0.2, -0.15) is 0 Å². The number of carbonyl (C=O) groups excluding carboxylic acids is 1. The average Bonchev–Trinajstić information content (AvgIpc) is 2.26. The van der Waals surface area contributed by atoms with E-state index in [1.807, 2.05) is 0 Å². The minimum atomic E-state index is -4.39. The SMILES string of the molecule is COCC(C)NC(=O)c1c(F)ccc(S(N)(=O)=O)c1F. The first-order chi connectivity index (χ1) is 9.18. The minimum Gasteiger partial charge on any atom is -0.383 e. The number of nitrogens with two attached hydrogens (primary N) is 1. The van der Waals surface area contributed by atoms with Gasteiger partial charge in [-0.25, -0.2) is 22.3 Å². The van der Waals surface area contributed by atoms with Crippen molar-refractivity contribution in [1.29, 1.82) is 0 Å². The molecular weight excluding hydrogens is 294 g/mol. The van der Waals surface area contributed by atoms with Crippen LogP contribution in [-0.2, 0) is 14.8 Å². The summed E-state index contributed by atoms with van der Waals surface area (Å²) in [4.78, 5) is 10.8. The number of halogens is 2. The van der Waals surface area contributed by atoms with Gasteiger partial charge < -0.3 is 10.1 Å². The molecule has 0 aliphatic rings. The molecule has 1 aromatic carbocycles. The zero-order valence-corrected chi connectivity index (χ0v) is 11.6. The van der Waals surface area contributed by atoms with Crippen LogP contribution in [0.15, 0.2) is 17.0 Å². The fourth-order valence-electron chi connectivity index (χ4n) is 1.55. The van der Waals surface area contributed by atoms with Crippen LogP contribution < -0.4 is 10.5 Å². The highest BCUT2D eigenvalue weighted by Crippen LogP contribution is 2.20. The summed E-state index contributed by atoms with van der Waals surface area (Å²) in [6.07, 6.45) is 0. The highest BCUT2D eigenvalue weighted by molar-refractivity contribution is 7.89. The zero-order chi connectivity index (χ0) is 15.5. The van der Waals surface area contributed by atoms with Crippen molar-refractivity contribution in [3.05, 3.63) is 29.3 Å². The molecule has 0 saturated heterocycles. The molecule has 0 aromatic heterocycles. The molecule has 1 amide bonds. The third-order valence-corrected chi connectivity index (χ3v) is 3.31. The van der Waals surface area contributed by atoms with Gasteiger partial charge in [0.1, 0.15) is 16.3 Å². The van der Waals surface area contributed by atoms with Gasteiger partial charge in [-0.15, -0.1) is 0 Å². The van der Waals surface area contributed by atoms with Gasteiger partial charge in [0.2, 0.25) is 10.0 Å². The Morgan fingerprint density at radius 3 is 2.55 bits per heavy atom. The summed E-state index contributed by atoms with van der Waals surface area (Å²) < 4.78 is 54.5. The Morgan fingerprint density at radius 1 is 1.45 bits per heavy atom. The number of carbonyl (C=O) groups is 1. The van der Waals surface area contributed by atoms with Gasteiger partial charge in [0.05, 0.1) is 6.61 Å². The number of rotatable bonds is 5. The van der Waals surface area contributed by atoms with Crippen LogP contribution in [-0.4, -0.2) is 34.1 Å². The number of primary sulfonamides is 1. The van der Waals surface area contributed by atoms with Crippen molar-refractivity contribution in [3.8, 4) is 0 Å². The molecule has 3 N–H and O–H groups in total. The number of ether oxygens (including phenoxy) is 1. The summed E-state index contributed by atoms with van der Waals surface area (Å²) in [5.74, 6) is -3.79. The molecule has 1 atom stereocenters. The normalized spacial score (nSPS) is 13.1. The Kier molecular flexibility index (Phi) is 5.15. The van der Waals surface area contributed by atoms with Crippen molar-refractivity contribution < 1.29 is 26.7 Å². The fourth-order valence-corrected chi connectivity index (χ4v) is 2.16. The minimum absolute atomic E-state index is 0.129. The van der Waals surface area contributed by atoms with E-state index < -0.39 is 44.1 Å². The molecule has 0 aliphatic heterocycles. The highest BCUT2D eigenvalue weighted by atomic mass is 32.2. The molecule has 20 heavy (non-hydrogen) atoms. The number of hydrogen-bond donors (Lipinski definition) is 2. The summed E-state index contributed by atoms with van der Waals surface area (Å²) in [6, 6.07) is 0.818. The van der Waals surface area contributed by atoms with Crippen molar-refractivity contribution in [2.24, 2.45) is 5.14 Å². The predicted molar refractivity (Wildman–Crippen MR) is 66.5 cm³/mol. The van der Waals surface area contributed by atoms with Crippen LogP contribution in [0.25, 0.3) is 0 Å². The third kappa shape index (κ3) is 3.71. The van der Waals surface area contributed by atoms with E-state index in [4.69, 9.17) is 9.88 Å². The molecule has 9 heteroatoms. The van der Waals surface area contributed by atoms with E-state index in [2.05, 4.69) is 5.32 Å². The van der Waals surface area contributed by atoms with E-state index in [-0.39, 0.29) is 6.61 Å². The Hall–Kier alpha value is -1.58. The smallest absolute Gasteiger partial charge is 0.257 e. The summed E-state index contributed by atoms with van der Waals surface area (Å²) in [7, 11) is -3.00. The largest absolute Gasteiger partial charge is 0.383 e. The summed E-state index contributed by atoms with van der Waals surface area (Å²) >= 11 is 0. The first kappa shape index (κ1) is 16.5. The van der Waals surface area contributed by atoms with Gasteiger partial charge in [0.25, 0.3) is 5.91 Å². The molecule has 0 bridgehead atoms. The number of sulfonamides is 1. The van der Waals surface area contributed by atoms with E-state index in [1.54, 1.807) is 6.92 Å². The second kappa shape index (κ2) is 6.25. The second-order valence-electron chi connectivity index (χ2n) is 4.11. The van der Waals surface area contributed by atoms with Gasteiger partial charge in [-0.1, -0.05) is 0 Å². The Labute approximate surface area is 115 Å². The number of hydrogen-bond acceptors (Lipinski definition) is 4. The lowest BCUT2D eigenvalue weighted by Gasteiger charge is -2.14. The molecule has 1 rings (SSSR count). The van der Waals surface area contributed by atoms with Crippen molar-refractivity contribution >= 4 is 15.9 Å². The molecule has 0 radical (unpaired) electrons. The van der Waals surface area contributed by atoms with Gasteiger partial charge in [-0.05, 0) is 19.1 Å². The van der Waals surface area contributed by atoms with Crippen molar-refractivity contribution in [2.45, 2.75) is 17.9 Å². The first-order valence-corrected chi connectivity index (χ1v) is 7.03. The van der Waals surface area contributed by atoms with E-state index in [1.165, 1.54) is 7.11 Å². The van der Waals surface area contributed by atoms with E-state index >= 15 is 0 Å². The van der Waals surface area contributed by atoms with Gasteiger partial charge >= 0.3 is 0 Å². The summed E-state index contributed by atoms with van der Waals surface area (Å²) in [6.45, 7) is 1.69. The molecule has 0 spiro atoms. The Bertz CT molecular complexity index is 619. The lowest BCUT2D eigenvalue weighted by Crippen LogP contribution is -2.36. The number of nitrogens with one attached hydrogen (secondary N) is 1. The van der Waals surface area contributed by atoms with E-state index in [9.17, 15) is 22.0 Å². The van der Waals surface area contributed by atoms with Crippen LogP contribution >= 0.6 is 0 Å². The number of methoxy groups -OCH3 is 1. The van der Waals surface area contributed by atoms with Crippen LogP contribution in [0.2, 0.25) is 0 Å². The number of benzene rings is 1. The van der Waals surface area contributed by atoms with Gasteiger partial charge in [0.15, 0.2) is 5.82 Å². The maximum Gasteiger partial charge on any atom is 0.257 e. The summed E-state index contributed by atoms with van der Waals surface area (Å²) in [5.41, 5.74) is -1.00. The van der Waals surface area contributed by atoms with Crippen molar-refractivity contribution in [2.75, 3.05) is 13.7 Å². The van der Waals surface area contributed by atoms with E-state index in [0.29, 0.717) is 12.1 Å². The lowest BCUT2D eigenvalue weighted by atomic mass is 10.1. The van der Waals surface area contributed by atoms with E-state index in [0.717, 1.165) is 0 Å². The monoisotopic (exact) mass is 308 g/mol. The fraction of sp³-hybridized carbons (Fsp3) is 0.364. The van der Waals surface area contributed by atoms with Crippen LogP contribution in [0, 0.1) is 11.6 Å². The highest BCUT2D eigenvalue weighted by Gasteiger charge is 2.25. The van der Waals surface area contributed by atoms with Crippen LogP contribution in [0.4, 0.5) is 8.78 Å². The maximum atomic E-state index is 13.9. The van der Waals surface area contributed by atoms with Crippen molar-refractivity contribution in [3.63, 3.8) is 0 Å². The van der Waals surface area contributed by atoms with Crippen LogP contribution in [0.3, 0.4) is 0 Å². The Morgan fingerprint density at radius 2 is 2.05 bits per heavy atom. The molecule has 0 aliphatic carbocycles. The molecular formula is C11H14F2N2O4S. The first-order valence-electron chi connectivity index (χ1n) is 5.49. The van der Waals surface area contributed by atoms with Gasteiger partial charge in [0, 0.05) is 13.2 Å². The molecule has 1 aromatic rings.